The van der Waals surface area contributed by atoms with E-state index in [-0.39, 0.29) is 19.3 Å². The van der Waals surface area contributed by atoms with Crippen molar-refractivity contribution in [3.8, 4) is 17.2 Å². The van der Waals surface area contributed by atoms with Gasteiger partial charge in [-0.3, -0.25) is 0 Å². The number of anilines is 3. The van der Waals surface area contributed by atoms with Gasteiger partial charge in [-0.05, 0) is 24.3 Å². The first-order valence-electron chi connectivity index (χ1n) is 7.61. The SMILES string of the molecule is Nc1nc(COc2ccc3c(c2)OCO3)nc(Nc2ccccc2)n1. The highest BCUT2D eigenvalue weighted by Crippen LogP contribution is 2.35. The number of nitrogen functional groups attached to an aromatic ring is 1. The highest BCUT2D eigenvalue weighted by Gasteiger charge is 2.14. The zero-order valence-corrected chi connectivity index (χ0v) is 13.2. The third-order valence-electron chi connectivity index (χ3n) is 3.44. The predicted octanol–water partition coefficient (Wildman–Crippen LogP) is 2.51. The number of aromatic nitrogens is 3. The van der Waals surface area contributed by atoms with Gasteiger partial charge in [-0.2, -0.15) is 15.0 Å². The van der Waals surface area contributed by atoms with E-state index >= 15 is 0 Å². The predicted molar refractivity (Wildman–Crippen MR) is 90.9 cm³/mol. The van der Waals surface area contributed by atoms with Gasteiger partial charge in [0.2, 0.25) is 18.7 Å². The van der Waals surface area contributed by atoms with Gasteiger partial charge in [0, 0.05) is 11.8 Å². The van der Waals surface area contributed by atoms with Crippen LogP contribution in [0.5, 0.6) is 17.2 Å². The standard InChI is InChI=1S/C17H15N5O3/c18-16-20-15(21-17(22-16)19-11-4-2-1-3-5-11)9-23-12-6-7-13-14(8-12)25-10-24-13/h1-8H,9-10H2,(H3,18,19,20,21,22). The molecule has 0 unspecified atom stereocenters. The third kappa shape index (κ3) is 3.52. The lowest BCUT2D eigenvalue weighted by Gasteiger charge is -2.09. The number of ether oxygens (including phenoxy) is 3. The molecule has 1 aliphatic rings. The largest absolute Gasteiger partial charge is 0.485 e. The molecule has 2 heterocycles. The molecule has 4 rings (SSSR count). The van der Waals surface area contributed by atoms with Gasteiger partial charge in [-0.1, -0.05) is 18.2 Å². The maximum atomic E-state index is 5.76. The molecule has 0 spiro atoms. The smallest absolute Gasteiger partial charge is 0.232 e. The molecule has 8 nitrogen and oxygen atoms in total. The van der Waals surface area contributed by atoms with Gasteiger partial charge in [0.1, 0.15) is 12.4 Å². The summed E-state index contributed by atoms with van der Waals surface area (Å²) in [5.74, 6) is 2.88. The maximum absolute atomic E-state index is 5.76. The summed E-state index contributed by atoms with van der Waals surface area (Å²) in [7, 11) is 0. The van der Waals surface area contributed by atoms with Crippen molar-refractivity contribution in [3.63, 3.8) is 0 Å². The summed E-state index contributed by atoms with van der Waals surface area (Å²) in [6, 6.07) is 14.9. The average Bonchev–Trinajstić information content (AvgIpc) is 3.08. The second-order valence-corrected chi connectivity index (χ2v) is 5.23. The number of fused-ring (bicyclic) bond motifs is 1. The second-order valence-electron chi connectivity index (χ2n) is 5.23. The van der Waals surface area contributed by atoms with Crippen LogP contribution in [0.25, 0.3) is 0 Å². The average molecular weight is 337 g/mol. The topological polar surface area (TPSA) is 104 Å². The van der Waals surface area contributed by atoms with Crippen LogP contribution in [0.15, 0.2) is 48.5 Å². The molecule has 0 aliphatic carbocycles. The van der Waals surface area contributed by atoms with Crippen LogP contribution in [-0.2, 0) is 6.61 Å². The number of benzene rings is 2. The Hall–Kier alpha value is -3.55. The maximum Gasteiger partial charge on any atom is 0.232 e. The van der Waals surface area contributed by atoms with E-state index in [9.17, 15) is 0 Å². The van der Waals surface area contributed by atoms with E-state index in [4.69, 9.17) is 19.9 Å². The lowest BCUT2D eigenvalue weighted by molar-refractivity contribution is 0.173. The molecule has 0 radical (unpaired) electrons. The summed E-state index contributed by atoms with van der Waals surface area (Å²) in [4.78, 5) is 12.5. The van der Waals surface area contributed by atoms with Crippen molar-refractivity contribution < 1.29 is 14.2 Å². The first-order chi connectivity index (χ1) is 12.3. The van der Waals surface area contributed by atoms with E-state index in [0.29, 0.717) is 29.0 Å². The lowest BCUT2D eigenvalue weighted by atomic mass is 10.3. The molecule has 1 aliphatic heterocycles. The van der Waals surface area contributed by atoms with Crippen LogP contribution in [0.3, 0.4) is 0 Å². The van der Waals surface area contributed by atoms with Crippen LogP contribution in [-0.4, -0.2) is 21.7 Å². The minimum absolute atomic E-state index is 0.123. The van der Waals surface area contributed by atoms with Crippen LogP contribution in [0.1, 0.15) is 5.82 Å². The molecule has 0 fully saturated rings. The Balaban J connectivity index is 1.47. The zero-order chi connectivity index (χ0) is 17.1. The molecule has 126 valence electrons. The van der Waals surface area contributed by atoms with Crippen molar-refractivity contribution in [3.05, 3.63) is 54.4 Å². The van der Waals surface area contributed by atoms with Crippen LogP contribution in [0.2, 0.25) is 0 Å². The molecule has 0 bridgehead atoms. The summed E-state index contributed by atoms with van der Waals surface area (Å²) < 4.78 is 16.3. The molecular weight excluding hydrogens is 322 g/mol. The first kappa shape index (κ1) is 15.0. The molecule has 0 saturated heterocycles. The summed E-state index contributed by atoms with van der Waals surface area (Å²) in [6.45, 7) is 0.368. The quantitative estimate of drug-likeness (QED) is 0.732. The molecule has 1 aromatic heterocycles. The normalized spacial score (nSPS) is 12.0. The van der Waals surface area contributed by atoms with E-state index in [1.807, 2.05) is 30.3 Å². The molecule has 0 atom stereocenters. The number of nitrogens with one attached hydrogen (secondary N) is 1. The molecule has 0 amide bonds. The van der Waals surface area contributed by atoms with Crippen LogP contribution < -0.4 is 25.3 Å². The number of para-hydroxylation sites is 1. The van der Waals surface area contributed by atoms with Gasteiger partial charge in [0.25, 0.3) is 0 Å². The van der Waals surface area contributed by atoms with Gasteiger partial charge in [-0.15, -0.1) is 0 Å². The van der Waals surface area contributed by atoms with Gasteiger partial charge in [0.05, 0.1) is 0 Å². The van der Waals surface area contributed by atoms with Gasteiger partial charge < -0.3 is 25.3 Å². The Morgan fingerprint density at radius 2 is 1.84 bits per heavy atom. The van der Waals surface area contributed by atoms with E-state index in [1.54, 1.807) is 18.2 Å². The second kappa shape index (κ2) is 6.52. The third-order valence-corrected chi connectivity index (χ3v) is 3.44. The number of hydrogen-bond acceptors (Lipinski definition) is 8. The van der Waals surface area contributed by atoms with Crippen molar-refractivity contribution in [2.45, 2.75) is 6.61 Å². The molecule has 8 heteroatoms. The molecule has 3 aromatic rings. The minimum atomic E-state index is 0.123. The molecular formula is C17H15N5O3. The molecule has 2 aromatic carbocycles. The van der Waals surface area contributed by atoms with E-state index in [0.717, 1.165) is 5.69 Å². The highest BCUT2D eigenvalue weighted by molar-refractivity contribution is 5.53. The van der Waals surface area contributed by atoms with E-state index in [1.165, 1.54) is 0 Å². The Morgan fingerprint density at radius 1 is 1.00 bits per heavy atom. The molecule has 25 heavy (non-hydrogen) atoms. The first-order valence-corrected chi connectivity index (χ1v) is 7.61. The minimum Gasteiger partial charge on any atom is -0.485 e. The van der Waals surface area contributed by atoms with Gasteiger partial charge >= 0.3 is 0 Å². The fourth-order valence-electron chi connectivity index (χ4n) is 2.32. The number of hydrogen-bond donors (Lipinski definition) is 2. The van der Waals surface area contributed by atoms with Gasteiger partial charge in [-0.25, -0.2) is 0 Å². The monoisotopic (exact) mass is 337 g/mol. The Labute approximate surface area is 143 Å². The van der Waals surface area contributed by atoms with Crippen molar-refractivity contribution in [1.82, 2.24) is 15.0 Å². The number of rotatable bonds is 5. The highest BCUT2D eigenvalue weighted by atomic mass is 16.7. The number of nitrogens with two attached hydrogens (primary N) is 1. The van der Waals surface area contributed by atoms with Crippen LogP contribution in [0.4, 0.5) is 17.6 Å². The van der Waals surface area contributed by atoms with Crippen molar-refractivity contribution >= 4 is 17.6 Å². The Bertz CT molecular complexity index is 889. The number of nitrogens with zero attached hydrogens (tertiary/aromatic N) is 3. The Kier molecular flexibility index (Phi) is 3.91. The van der Waals surface area contributed by atoms with Crippen molar-refractivity contribution in [2.75, 3.05) is 17.8 Å². The van der Waals surface area contributed by atoms with E-state index < -0.39 is 0 Å². The van der Waals surface area contributed by atoms with Crippen molar-refractivity contribution in [1.29, 1.82) is 0 Å². The lowest BCUT2D eigenvalue weighted by Crippen LogP contribution is -2.09. The zero-order valence-electron chi connectivity index (χ0n) is 13.2. The fourth-order valence-corrected chi connectivity index (χ4v) is 2.32. The summed E-state index contributed by atoms with van der Waals surface area (Å²) in [6.07, 6.45) is 0. The van der Waals surface area contributed by atoms with Crippen LogP contribution >= 0.6 is 0 Å². The summed E-state index contributed by atoms with van der Waals surface area (Å²) >= 11 is 0. The van der Waals surface area contributed by atoms with Gasteiger partial charge in [0.15, 0.2) is 17.3 Å². The van der Waals surface area contributed by atoms with E-state index in [2.05, 4.69) is 20.3 Å². The Morgan fingerprint density at radius 3 is 2.72 bits per heavy atom. The van der Waals surface area contributed by atoms with Crippen LogP contribution in [0, 0.1) is 0 Å². The van der Waals surface area contributed by atoms with Crippen molar-refractivity contribution in [2.24, 2.45) is 0 Å². The fraction of sp³-hybridized carbons (Fsp3) is 0.118. The molecule has 0 saturated carbocycles. The summed E-state index contributed by atoms with van der Waals surface area (Å²) in [5, 5.41) is 3.08. The summed E-state index contributed by atoms with van der Waals surface area (Å²) in [5.41, 5.74) is 6.62. The molecule has 3 N–H and O–H groups in total.